The van der Waals surface area contributed by atoms with Crippen LogP contribution < -0.4 is 10.6 Å². The number of amides is 1. The molecule has 6 rings (SSSR count). The highest BCUT2D eigenvalue weighted by atomic mass is 19.3. The molecule has 4 fully saturated rings. The molecule has 2 bridgehead atoms. The van der Waals surface area contributed by atoms with Crippen LogP contribution in [0.3, 0.4) is 0 Å². The van der Waals surface area contributed by atoms with Crippen LogP contribution in [0.5, 0.6) is 0 Å². The summed E-state index contributed by atoms with van der Waals surface area (Å²) in [7, 11) is 0. The van der Waals surface area contributed by atoms with Gasteiger partial charge < -0.3 is 20.1 Å². The van der Waals surface area contributed by atoms with E-state index in [1.165, 1.54) is 12.1 Å². The summed E-state index contributed by atoms with van der Waals surface area (Å²) in [6, 6.07) is 3.83. The Morgan fingerprint density at radius 1 is 1.11 bits per heavy atom. The van der Waals surface area contributed by atoms with Crippen LogP contribution in [0.2, 0.25) is 0 Å². The number of nitrogens with zero attached hydrogens (tertiary/aromatic N) is 2. The molecule has 0 spiro atoms. The zero-order chi connectivity index (χ0) is 26.2. The summed E-state index contributed by atoms with van der Waals surface area (Å²) in [5.41, 5.74) is -1.32. The van der Waals surface area contributed by atoms with Gasteiger partial charge in [0.25, 0.3) is 6.43 Å². The van der Waals surface area contributed by atoms with Gasteiger partial charge in [0.15, 0.2) is 6.29 Å². The van der Waals surface area contributed by atoms with Crippen molar-refractivity contribution >= 4 is 11.7 Å². The van der Waals surface area contributed by atoms with E-state index < -0.39 is 35.3 Å². The highest BCUT2D eigenvalue weighted by Gasteiger charge is 2.49. The van der Waals surface area contributed by atoms with E-state index in [1.807, 2.05) is 0 Å². The second-order valence-corrected chi connectivity index (χ2v) is 10.2. The molecule has 1 aromatic carbocycles. The molecule has 11 heteroatoms. The summed E-state index contributed by atoms with van der Waals surface area (Å²) in [6.45, 7) is 2.21. The third-order valence-electron chi connectivity index (χ3n) is 7.67. The van der Waals surface area contributed by atoms with Gasteiger partial charge in [-0.1, -0.05) is 18.2 Å². The molecule has 1 saturated heterocycles. The second-order valence-electron chi connectivity index (χ2n) is 10.2. The third kappa shape index (κ3) is 5.43. The first-order chi connectivity index (χ1) is 17.7. The Balaban J connectivity index is 1.38. The first kappa shape index (κ1) is 25.8. The molecule has 1 aromatic heterocycles. The van der Waals surface area contributed by atoms with E-state index >= 15 is 0 Å². The fraction of sp³-hybridized carbons (Fsp3) is 0.577. The zero-order valence-electron chi connectivity index (χ0n) is 20.6. The fourth-order valence-corrected chi connectivity index (χ4v) is 5.58. The van der Waals surface area contributed by atoms with Crippen LogP contribution in [0.15, 0.2) is 18.2 Å². The van der Waals surface area contributed by atoms with Gasteiger partial charge in [0, 0.05) is 17.6 Å². The number of hydrogen-bond donors (Lipinski definition) is 2. The van der Waals surface area contributed by atoms with E-state index in [4.69, 9.17) is 9.47 Å². The van der Waals surface area contributed by atoms with E-state index in [0.717, 1.165) is 6.07 Å². The van der Waals surface area contributed by atoms with Crippen molar-refractivity contribution in [2.24, 2.45) is 0 Å². The van der Waals surface area contributed by atoms with Crippen molar-refractivity contribution < 1.29 is 31.8 Å². The minimum Gasteiger partial charge on any atom is -0.365 e. The lowest BCUT2D eigenvalue weighted by molar-refractivity contribution is -0.125. The number of halogens is 4. The molecule has 3 saturated carbocycles. The first-order valence-electron chi connectivity index (χ1n) is 12.6. The molecular weight excluding hydrogens is 492 g/mol. The molecule has 0 radical (unpaired) electrons. The van der Waals surface area contributed by atoms with E-state index in [1.54, 1.807) is 6.92 Å². The average Bonchev–Trinajstić information content (AvgIpc) is 3.38. The number of ether oxygens (including phenoxy) is 2. The number of alkyl halides is 3. The van der Waals surface area contributed by atoms with Gasteiger partial charge in [-0.2, -0.15) is 0 Å². The van der Waals surface area contributed by atoms with Crippen LogP contribution in [0.4, 0.5) is 23.4 Å². The Kier molecular flexibility index (Phi) is 7.10. The quantitative estimate of drug-likeness (QED) is 0.475. The van der Waals surface area contributed by atoms with Crippen LogP contribution in [0.25, 0.3) is 0 Å². The van der Waals surface area contributed by atoms with Gasteiger partial charge in [-0.15, -0.1) is 0 Å². The molecule has 37 heavy (non-hydrogen) atoms. The summed E-state index contributed by atoms with van der Waals surface area (Å²) in [6.07, 6.45) is -0.671. The van der Waals surface area contributed by atoms with Gasteiger partial charge in [-0.3, -0.25) is 4.79 Å². The second kappa shape index (κ2) is 10.2. The molecule has 3 aliphatic carbocycles. The van der Waals surface area contributed by atoms with E-state index in [2.05, 4.69) is 20.6 Å². The van der Waals surface area contributed by atoms with Crippen LogP contribution in [0, 0.1) is 12.7 Å². The van der Waals surface area contributed by atoms with Crippen molar-refractivity contribution in [2.45, 2.75) is 82.3 Å². The fourth-order valence-electron chi connectivity index (χ4n) is 5.58. The number of nitrogens with one attached hydrogen (secondary N) is 2. The maximum absolute atomic E-state index is 14.6. The lowest BCUT2D eigenvalue weighted by Crippen LogP contribution is -2.57. The van der Waals surface area contributed by atoms with Crippen molar-refractivity contribution in [1.29, 1.82) is 0 Å². The Hall–Kier alpha value is -2.79. The van der Waals surface area contributed by atoms with E-state index in [-0.39, 0.29) is 30.3 Å². The Labute approximate surface area is 212 Å². The number of hydrogen-bond acceptors (Lipinski definition) is 6. The molecule has 1 aliphatic heterocycles. The average molecular weight is 523 g/mol. The predicted molar refractivity (Wildman–Crippen MR) is 126 cm³/mol. The SMILES string of the molecule is Cc1nc(CC(=O)NC23CCC(F)(CC2)CC3)c(C2OCCO2)c(NCc2cccc(C(F)F)c2F)n1. The number of benzene rings is 1. The minimum absolute atomic E-state index is 0.0465. The van der Waals surface area contributed by atoms with E-state index in [0.29, 0.717) is 68.8 Å². The Morgan fingerprint density at radius 2 is 1.78 bits per heavy atom. The summed E-state index contributed by atoms with van der Waals surface area (Å²) < 4.78 is 66.8. The molecular formula is C26H30F4N4O3. The third-order valence-corrected chi connectivity index (χ3v) is 7.67. The highest BCUT2D eigenvalue weighted by Crippen LogP contribution is 2.49. The number of carbonyl (C=O) groups is 1. The number of fused-ring (bicyclic) bond motifs is 3. The molecule has 2 aromatic rings. The normalized spacial score (nSPS) is 25.6. The van der Waals surface area contributed by atoms with Gasteiger partial charge in [0.2, 0.25) is 5.91 Å². The molecule has 7 nitrogen and oxygen atoms in total. The highest BCUT2D eigenvalue weighted by molar-refractivity contribution is 5.80. The molecule has 4 aliphatic rings. The summed E-state index contributed by atoms with van der Waals surface area (Å²) >= 11 is 0. The number of rotatable bonds is 8. The maximum atomic E-state index is 14.6. The molecule has 2 heterocycles. The zero-order valence-corrected chi connectivity index (χ0v) is 20.6. The molecule has 0 unspecified atom stereocenters. The maximum Gasteiger partial charge on any atom is 0.266 e. The molecule has 0 atom stereocenters. The predicted octanol–water partition coefficient (Wildman–Crippen LogP) is 4.99. The minimum atomic E-state index is -2.93. The summed E-state index contributed by atoms with van der Waals surface area (Å²) in [5.74, 6) is -0.585. The number of aryl methyl sites for hydroxylation is 1. The van der Waals surface area contributed by atoms with E-state index in [9.17, 15) is 22.4 Å². The summed E-state index contributed by atoms with van der Waals surface area (Å²) in [5, 5.41) is 6.14. The van der Waals surface area contributed by atoms with Gasteiger partial charge in [-0.25, -0.2) is 27.5 Å². The first-order valence-corrected chi connectivity index (χ1v) is 12.6. The van der Waals surface area contributed by atoms with Gasteiger partial charge in [0.1, 0.15) is 23.1 Å². The van der Waals surface area contributed by atoms with Gasteiger partial charge in [-0.05, 0) is 45.4 Å². The smallest absolute Gasteiger partial charge is 0.266 e. The van der Waals surface area contributed by atoms with Crippen molar-refractivity contribution in [3.63, 3.8) is 0 Å². The number of carbonyl (C=O) groups excluding carboxylic acids is 1. The van der Waals surface area contributed by atoms with Crippen LogP contribution in [-0.4, -0.2) is 40.3 Å². The van der Waals surface area contributed by atoms with Crippen molar-refractivity contribution in [2.75, 3.05) is 18.5 Å². The van der Waals surface area contributed by atoms with Gasteiger partial charge >= 0.3 is 0 Å². The van der Waals surface area contributed by atoms with Gasteiger partial charge in [0.05, 0.1) is 36.5 Å². The standard InChI is InChI=1S/C26H30F4N4O3/c1-15-32-18(13-19(35)34-26-8-5-25(30,6-9-26)7-10-26)20(24-36-11-12-37-24)23(33-15)31-14-16-3-2-4-17(21(16)27)22(28)29/h2-4,22,24H,5-14H2,1H3,(H,34,35)(H,31,32,33). The number of aromatic nitrogens is 2. The lowest BCUT2D eigenvalue weighted by atomic mass is 9.64. The monoisotopic (exact) mass is 522 g/mol. The number of anilines is 1. The van der Waals surface area contributed by atoms with Crippen LogP contribution in [-0.2, 0) is 27.2 Å². The van der Waals surface area contributed by atoms with Crippen LogP contribution >= 0.6 is 0 Å². The van der Waals surface area contributed by atoms with Crippen molar-refractivity contribution in [3.05, 3.63) is 52.2 Å². The topological polar surface area (TPSA) is 85.4 Å². The Morgan fingerprint density at radius 3 is 2.43 bits per heavy atom. The largest absolute Gasteiger partial charge is 0.365 e. The van der Waals surface area contributed by atoms with Crippen molar-refractivity contribution in [1.82, 2.24) is 15.3 Å². The molecule has 1 amide bonds. The molecule has 2 N–H and O–H groups in total. The Bertz CT molecular complexity index is 1150. The molecule has 200 valence electrons. The lowest BCUT2D eigenvalue weighted by Gasteiger charge is -2.50. The van der Waals surface area contributed by atoms with Crippen molar-refractivity contribution in [3.8, 4) is 0 Å². The summed E-state index contributed by atoms with van der Waals surface area (Å²) in [4.78, 5) is 22.1. The van der Waals surface area contributed by atoms with Crippen LogP contribution in [0.1, 0.15) is 79.4 Å².